The van der Waals surface area contributed by atoms with Gasteiger partial charge < -0.3 is 9.47 Å². The van der Waals surface area contributed by atoms with E-state index in [9.17, 15) is 9.59 Å². The highest BCUT2D eigenvalue weighted by Crippen LogP contribution is 2.16. The smallest absolute Gasteiger partial charge is 0.347 e. The molecule has 0 heterocycles. The molecule has 0 aromatic heterocycles. The van der Waals surface area contributed by atoms with Crippen molar-refractivity contribution in [2.24, 2.45) is 0 Å². The van der Waals surface area contributed by atoms with E-state index in [1.165, 1.54) is 13.0 Å². The highest BCUT2D eigenvalue weighted by atomic mass is 16.6. The second-order valence-electron chi connectivity index (χ2n) is 4.53. The van der Waals surface area contributed by atoms with E-state index in [2.05, 4.69) is 6.58 Å². The minimum Gasteiger partial charge on any atom is -0.459 e. The van der Waals surface area contributed by atoms with Crippen molar-refractivity contribution in [2.75, 3.05) is 6.61 Å². The summed E-state index contributed by atoms with van der Waals surface area (Å²) in [5.74, 6) is -1.15. The van der Waals surface area contributed by atoms with E-state index >= 15 is 0 Å². The molecule has 1 atom stereocenters. The van der Waals surface area contributed by atoms with Crippen LogP contribution >= 0.6 is 0 Å². The van der Waals surface area contributed by atoms with Crippen LogP contribution in [-0.2, 0) is 14.3 Å². The summed E-state index contributed by atoms with van der Waals surface area (Å²) in [6, 6.07) is 12.9. The summed E-state index contributed by atoms with van der Waals surface area (Å²) in [4.78, 5) is 23.6. The Kier molecular flexibility index (Phi) is 4.72. The second kappa shape index (κ2) is 6.70. The molecule has 108 valence electrons. The Morgan fingerprint density at radius 2 is 1.90 bits per heavy atom. The van der Waals surface area contributed by atoms with Gasteiger partial charge in [0.25, 0.3) is 0 Å². The Bertz CT molecular complexity index is 675. The minimum absolute atomic E-state index is 0.0939. The van der Waals surface area contributed by atoms with Crippen LogP contribution in [0.25, 0.3) is 10.8 Å². The van der Waals surface area contributed by atoms with Crippen molar-refractivity contribution >= 4 is 22.7 Å². The molecule has 0 bridgehead atoms. The van der Waals surface area contributed by atoms with E-state index in [4.69, 9.17) is 9.47 Å². The lowest BCUT2D eigenvalue weighted by Gasteiger charge is -2.12. The molecule has 2 rings (SSSR count). The largest absolute Gasteiger partial charge is 0.459 e. The topological polar surface area (TPSA) is 52.6 Å². The van der Waals surface area contributed by atoms with Crippen molar-refractivity contribution in [3.05, 3.63) is 60.7 Å². The fourth-order valence-electron chi connectivity index (χ4n) is 1.85. The van der Waals surface area contributed by atoms with Gasteiger partial charge >= 0.3 is 11.9 Å². The summed E-state index contributed by atoms with van der Waals surface area (Å²) in [5.41, 5.74) is 0.400. The number of ether oxygens (including phenoxy) is 2. The van der Waals surface area contributed by atoms with E-state index in [1.54, 1.807) is 12.1 Å². The summed E-state index contributed by atoms with van der Waals surface area (Å²) < 4.78 is 9.92. The van der Waals surface area contributed by atoms with Crippen molar-refractivity contribution in [3.63, 3.8) is 0 Å². The van der Waals surface area contributed by atoms with Crippen LogP contribution in [0.4, 0.5) is 0 Å². The van der Waals surface area contributed by atoms with Gasteiger partial charge in [-0.15, -0.1) is 0 Å². The molecule has 0 aliphatic carbocycles. The van der Waals surface area contributed by atoms with Crippen LogP contribution in [0.15, 0.2) is 55.1 Å². The number of benzene rings is 2. The predicted octanol–water partition coefficient (Wildman–Crippen LogP) is 3.11. The second-order valence-corrected chi connectivity index (χ2v) is 4.53. The molecule has 0 spiro atoms. The van der Waals surface area contributed by atoms with Crippen LogP contribution in [0, 0.1) is 0 Å². The number of hydrogen-bond donors (Lipinski definition) is 0. The third-order valence-corrected chi connectivity index (χ3v) is 2.94. The molecule has 2 aromatic carbocycles. The minimum atomic E-state index is -0.955. The van der Waals surface area contributed by atoms with Crippen LogP contribution in [0.2, 0.25) is 0 Å². The van der Waals surface area contributed by atoms with Gasteiger partial charge in [0.15, 0.2) is 6.10 Å². The average molecular weight is 284 g/mol. The van der Waals surface area contributed by atoms with Crippen LogP contribution < -0.4 is 0 Å². The van der Waals surface area contributed by atoms with Gasteiger partial charge in [0.1, 0.15) is 6.61 Å². The van der Waals surface area contributed by atoms with Crippen LogP contribution in [0.1, 0.15) is 17.3 Å². The Labute approximate surface area is 123 Å². The first-order valence-corrected chi connectivity index (χ1v) is 6.59. The van der Waals surface area contributed by atoms with Crippen molar-refractivity contribution in [1.82, 2.24) is 0 Å². The first kappa shape index (κ1) is 14.8. The monoisotopic (exact) mass is 284 g/mol. The van der Waals surface area contributed by atoms with Crippen molar-refractivity contribution in [2.45, 2.75) is 13.0 Å². The van der Waals surface area contributed by atoms with E-state index in [0.29, 0.717) is 5.56 Å². The van der Waals surface area contributed by atoms with Crippen LogP contribution in [-0.4, -0.2) is 24.6 Å². The van der Waals surface area contributed by atoms with Crippen molar-refractivity contribution < 1.29 is 19.1 Å². The van der Waals surface area contributed by atoms with E-state index in [1.807, 2.05) is 30.3 Å². The Hall–Kier alpha value is -2.62. The first-order valence-electron chi connectivity index (χ1n) is 6.59. The van der Waals surface area contributed by atoms with Gasteiger partial charge in [-0.1, -0.05) is 43.0 Å². The highest BCUT2D eigenvalue weighted by Gasteiger charge is 2.20. The van der Waals surface area contributed by atoms with Crippen molar-refractivity contribution in [3.8, 4) is 0 Å². The fraction of sp³-hybridized carbons (Fsp3) is 0.176. The number of carbonyl (C=O) groups is 2. The molecular formula is C17H16O4. The molecule has 21 heavy (non-hydrogen) atoms. The molecule has 0 saturated heterocycles. The zero-order chi connectivity index (χ0) is 15.2. The average Bonchev–Trinajstić information content (AvgIpc) is 2.51. The molecule has 0 N–H and O–H groups in total. The van der Waals surface area contributed by atoms with E-state index in [0.717, 1.165) is 10.8 Å². The molecular weight excluding hydrogens is 268 g/mol. The number of hydrogen-bond acceptors (Lipinski definition) is 4. The summed E-state index contributed by atoms with van der Waals surface area (Å²) >= 11 is 0. The maximum Gasteiger partial charge on any atom is 0.347 e. The summed E-state index contributed by atoms with van der Waals surface area (Å²) in [6.07, 6.45) is 0.499. The number of carbonyl (C=O) groups excluding carboxylic acids is 2. The predicted molar refractivity (Wildman–Crippen MR) is 80.0 cm³/mol. The molecule has 4 nitrogen and oxygen atoms in total. The molecule has 0 unspecified atom stereocenters. The Balaban J connectivity index is 2.07. The lowest BCUT2D eigenvalue weighted by atomic mass is 10.1. The maximum atomic E-state index is 12.0. The fourth-order valence-corrected chi connectivity index (χ4v) is 1.85. The standard InChI is InChI=1S/C17H16O4/c1-3-10-20-16(18)12(2)21-17(19)15-9-8-13-6-4-5-7-14(13)11-15/h3-9,11-12H,1,10H2,2H3/t12-/m1/s1. The molecule has 0 fully saturated rings. The van der Waals surface area contributed by atoms with Crippen LogP contribution in [0.5, 0.6) is 0 Å². The SMILES string of the molecule is C=CCOC(=O)[C@@H](C)OC(=O)c1ccc2ccccc2c1. The van der Waals surface area contributed by atoms with Crippen molar-refractivity contribution in [1.29, 1.82) is 0 Å². The molecule has 0 aliphatic rings. The van der Waals surface area contributed by atoms with Crippen LogP contribution in [0.3, 0.4) is 0 Å². The molecule has 0 radical (unpaired) electrons. The first-order chi connectivity index (χ1) is 10.1. The quantitative estimate of drug-likeness (QED) is 0.625. The number of esters is 2. The third kappa shape index (κ3) is 3.69. The van der Waals surface area contributed by atoms with E-state index in [-0.39, 0.29) is 6.61 Å². The maximum absolute atomic E-state index is 12.0. The number of fused-ring (bicyclic) bond motifs is 1. The molecule has 4 heteroatoms. The highest BCUT2D eigenvalue weighted by molar-refractivity contribution is 5.96. The van der Waals surface area contributed by atoms with Gasteiger partial charge in [-0.25, -0.2) is 9.59 Å². The van der Waals surface area contributed by atoms with Gasteiger partial charge in [-0.05, 0) is 29.8 Å². The van der Waals surface area contributed by atoms with Gasteiger partial charge in [-0.3, -0.25) is 0 Å². The summed E-state index contributed by atoms with van der Waals surface area (Å²) in [6.45, 7) is 5.01. The number of rotatable bonds is 5. The lowest BCUT2D eigenvalue weighted by molar-refractivity contribution is -0.151. The van der Waals surface area contributed by atoms with Gasteiger partial charge in [0.2, 0.25) is 0 Å². The van der Waals surface area contributed by atoms with E-state index < -0.39 is 18.0 Å². The molecule has 2 aromatic rings. The molecule has 0 saturated carbocycles. The molecule has 0 aliphatic heterocycles. The van der Waals surface area contributed by atoms with Gasteiger partial charge in [-0.2, -0.15) is 0 Å². The van der Waals surface area contributed by atoms with Gasteiger partial charge in [0.05, 0.1) is 5.56 Å². The summed E-state index contributed by atoms with van der Waals surface area (Å²) in [7, 11) is 0. The third-order valence-electron chi connectivity index (χ3n) is 2.94. The van der Waals surface area contributed by atoms with Gasteiger partial charge in [0, 0.05) is 0 Å². The zero-order valence-electron chi connectivity index (χ0n) is 11.7. The Morgan fingerprint density at radius 3 is 2.62 bits per heavy atom. The normalized spacial score (nSPS) is 11.7. The summed E-state index contributed by atoms with van der Waals surface area (Å²) in [5, 5.41) is 1.97. The lowest BCUT2D eigenvalue weighted by Crippen LogP contribution is -2.26. The zero-order valence-corrected chi connectivity index (χ0v) is 11.7. The molecule has 0 amide bonds. The Morgan fingerprint density at radius 1 is 1.19 bits per heavy atom.